The fourth-order valence-corrected chi connectivity index (χ4v) is 3.78. The summed E-state index contributed by atoms with van der Waals surface area (Å²) >= 11 is 0. The lowest BCUT2D eigenvalue weighted by atomic mass is 9.56. The molecule has 16 heavy (non-hydrogen) atoms. The topological polar surface area (TPSA) is 20.2 Å². The Hall–Kier alpha value is -0.300. The first-order valence-corrected chi connectivity index (χ1v) is 6.78. The van der Waals surface area contributed by atoms with Crippen LogP contribution >= 0.6 is 0 Å². The van der Waals surface area contributed by atoms with E-state index in [1.54, 1.807) is 5.57 Å². The molecule has 1 fully saturated rings. The molecule has 0 amide bonds. The molecular formula is C15H26O. The molecule has 0 aromatic carbocycles. The SMILES string of the molecule is CC(C)C1=C[C@@H]2C(C)(O)CCC[C@@]2(C)CC1. The molecule has 92 valence electrons. The van der Waals surface area contributed by atoms with Gasteiger partial charge in [-0.25, -0.2) is 0 Å². The summed E-state index contributed by atoms with van der Waals surface area (Å²) in [5, 5.41) is 10.6. The Balaban J connectivity index is 2.33. The second kappa shape index (κ2) is 3.87. The highest BCUT2D eigenvalue weighted by Gasteiger charge is 2.48. The minimum Gasteiger partial charge on any atom is -0.390 e. The molecule has 0 aromatic rings. The molecular weight excluding hydrogens is 196 g/mol. The van der Waals surface area contributed by atoms with E-state index in [2.05, 4.69) is 26.8 Å². The number of hydrogen-bond donors (Lipinski definition) is 1. The van der Waals surface area contributed by atoms with Gasteiger partial charge in [-0.3, -0.25) is 0 Å². The molecule has 2 aliphatic carbocycles. The molecule has 1 unspecified atom stereocenters. The maximum Gasteiger partial charge on any atom is 0.0687 e. The summed E-state index contributed by atoms with van der Waals surface area (Å²) in [6.45, 7) is 8.95. The van der Waals surface area contributed by atoms with Crippen molar-refractivity contribution >= 4 is 0 Å². The van der Waals surface area contributed by atoms with Crippen LogP contribution in [0.3, 0.4) is 0 Å². The summed E-state index contributed by atoms with van der Waals surface area (Å²) in [5.74, 6) is 1.02. The van der Waals surface area contributed by atoms with Gasteiger partial charge < -0.3 is 5.11 Å². The van der Waals surface area contributed by atoms with Crippen LogP contribution < -0.4 is 0 Å². The van der Waals surface area contributed by atoms with Crippen LogP contribution in [0.15, 0.2) is 11.6 Å². The van der Waals surface area contributed by atoms with E-state index in [-0.39, 0.29) is 0 Å². The summed E-state index contributed by atoms with van der Waals surface area (Å²) in [6.07, 6.45) is 8.35. The molecule has 0 aliphatic heterocycles. The molecule has 0 aromatic heterocycles. The quantitative estimate of drug-likeness (QED) is 0.667. The first-order chi connectivity index (χ1) is 7.35. The minimum atomic E-state index is -0.479. The van der Waals surface area contributed by atoms with Crippen LogP contribution in [-0.4, -0.2) is 10.7 Å². The summed E-state index contributed by atoms with van der Waals surface area (Å²) in [4.78, 5) is 0. The third-order valence-corrected chi connectivity index (χ3v) is 4.96. The van der Waals surface area contributed by atoms with Crippen molar-refractivity contribution < 1.29 is 5.11 Å². The lowest BCUT2D eigenvalue weighted by Crippen LogP contribution is -2.48. The van der Waals surface area contributed by atoms with E-state index >= 15 is 0 Å². The zero-order valence-corrected chi connectivity index (χ0v) is 11.2. The summed E-state index contributed by atoms with van der Waals surface area (Å²) in [6, 6.07) is 0. The van der Waals surface area contributed by atoms with Gasteiger partial charge >= 0.3 is 0 Å². The standard InChI is InChI=1S/C15H26O/c1-11(2)12-6-9-14(3)7-5-8-15(4,16)13(14)10-12/h10-11,13,16H,5-9H2,1-4H3/t13-,14-,15?/m0/s1. The first-order valence-electron chi connectivity index (χ1n) is 6.78. The largest absolute Gasteiger partial charge is 0.390 e. The normalized spacial score (nSPS) is 44.1. The number of fused-ring (bicyclic) bond motifs is 1. The van der Waals surface area contributed by atoms with Gasteiger partial charge in [-0.15, -0.1) is 0 Å². The summed E-state index contributed by atoms with van der Waals surface area (Å²) < 4.78 is 0. The van der Waals surface area contributed by atoms with E-state index in [4.69, 9.17) is 0 Å². The van der Waals surface area contributed by atoms with Crippen LogP contribution in [0, 0.1) is 17.3 Å². The fraction of sp³-hybridized carbons (Fsp3) is 0.867. The van der Waals surface area contributed by atoms with Crippen molar-refractivity contribution in [2.24, 2.45) is 17.3 Å². The van der Waals surface area contributed by atoms with Crippen LogP contribution in [0.2, 0.25) is 0 Å². The van der Waals surface area contributed by atoms with Gasteiger partial charge in [-0.05, 0) is 43.9 Å². The predicted octanol–water partition coefficient (Wildman–Crippen LogP) is 3.92. The minimum absolute atomic E-state index is 0.347. The van der Waals surface area contributed by atoms with Crippen molar-refractivity contribution in [2.75, 3.05) is 0 Å². The van der Waals surface area contributed by atoms with Crippen molar-refractivity contribution in [1.29, 1.82) is 0 Å². The Bertz CT molecular complexity index is 301. The Morgan fingerprint density at radius 1 is 1.25 bits per heavy atom. The zero-order chi connectivity index (χ0) is 12.0. The number of hydrogen-bond acceptors (Lipinski definition) is 1. The zero-order valence-electron chi connectivity index (χ0n) is 11.2. The van der Waals surface area contributed by atoms with Crippen LogP contribution in [0.5, 0.6) is 0 Å². The molecule has 1 nitrogen and oxygen atoms in total. The van der Waals surface area contributed by atoms with Gasteiger partial charge in [0.1, 0.15) is 0 Å². The van der Waals surface area contributed by atoms with E-state index in [0.29, 0.717) is 17.3 Å². The molecule has 1 saturated carbocycles. The van der Waals surface area contributed by atoms with Gasteiger partial charge in [0.15, 0.2) is 0 Å². The van der Waals surface area contributed by atoms with Crippen molar-refractivity contribution in [3.05, 3.63) is 11.6 Å². The highest BCUT2D eigenvalue weighted by atomic mass is 16.3. The monoisotopic (exact) mass is 222 g/mol. The molecule has 3 atom stereocenters. The average Bonchev–Trinajstić information content (AvgIpc) is 2.15. The maximum absolute atomic E-state index is 10.6. The molecule has 0 radical (unpaired) electrons. The molecule has 0 heterocycles. The third kappa shape index (κ3) is 1.95. The Kier molecular flexibility index (Phi) is 2.94. The van der Waals surface area contributed by atoms with Crippen LogP contribution in [0.1, 0.15) is 59.8 Å². The Morgan fingerprint density at radius 3 is 2.56 bits per heavy atom. The van der Waals surface area contributed by atoms with Crippen LogP contribution in [0.25, 0.3) is 0 Å². The fourth-order valence-electron chi connectivity index (χ4n) is 3.78. The molecule has 1 N–H and O–H groups in total. The van der Waals surface area contributed by atoms with E-state index in [0.717, 1.165) is 6.42 Å². The van der Waals surface area contributed by atoms with E-state index < -0.39 is 5.60 Å². The van der Waals surface area contributed by atoms with E-state index in [1.807, 2.05) is 6.92 Å². The molecule has 2 rings (SSSR count). The lowest BCUT2D eigenvalue weighted by molar-refractivity contribution is -0.0797. The molecule has 0 saturated heterocycles. The van der Waals surface area contributed by atoms with Gasteiger partial charge in [0.05, 0.1) is 5.60 Å². The first kappa shape index (κ1) is 12.2. The molecule has 0 spiro atoms. The lowest BCUT2D eigenvalue weighted by Gasteiger charge is -2.51. The van der Waals surface area contributed by atoms with Crippen molar-refractivity contribution in [3.63, 3.8) is 0 Å². The third-order valence-electron chi connectivity index (χ3n) is 4.96. The van der Waals surface area contributed by atoms with Gasteiger partial charge in [-0.2, -0.15) is 0 Å². The van der Waals surface area contributed by atoms with Gasteiger partial charge in [0, 0.05) is 5.92 Å². The number of allylic oxidation sites excluding steroid dienone is 1. The van der Waals surface area contributed by atoms with Gasteiger partial charge in [0.2, 0.25) is 0 Å². The van der Waals surface area contributed by atoms with Crippen LogP contribution in [-0.2, 0) is 0 Å². The highest BCUT2D eigenvalue weighted by Crippen LogP contribution is 2.53. The Morgan fingerprint density at radius 2 is 1.94 bits per heavy atom. The van der Waals surface area contributed by atoms with Crippen molar-refractivity contribution in [3.8, 4) is 0 Å². The molecule has 0 bridgehead atoms. The Labute approximate surface area is 99.9 Å². The highest BCUT2D eigenvalue weighted by molar-refractivity contribution is 5.19. The smallest absolute Gasteiger partial charge is 0.0687 e. The van der Waals surface area contributed by atoms with Gasteiger partial charge in [0.25, 0.3) is 0 Å². The predicted molar refractivity (Wildman–Crippen MR) is 68.2 cm³/mol. The number of aliphatic hydroxyl groups is 1. The van der Waals surface area contributed by atoms with Crippen molar-refractivity contribution in [1.82, 2.24) is 0 Å². The average molecular weight is 222 g/mol. The van der Waals surface area contributed by atoms with E-state index in [9.17, 15) is 5.11 Å². The number of rotatable bonds is 1. The van der Waals surface area contributed by atoms with Crippen LogP contribution in [0.4, 0.5) is 0 Å². The maximum atomic E-state index is 10.6. The van der Waals surface area contributed by atoms with E-state index in [1.165, 1.54) is 25.7 Å². The summed E-state index contributed by atoms with van der Waals surface area (Å²) in [7, 11) is 0. The molecule has 1 heteroatoms. The summed E-state index contributed by atoms with van der Waals surface area (Å²) in [5.41, 5.74) is 1.43. The van der Waals surface area contributed by atoms with Gasteiger partial charge in [-0.1, -0.05) is 38.8 Å². The van der Waals surface area contributed by atoms with Crippen molar-refractivity contribution in [2.45, 2.75) is 65.4 Å². The second-order valence-electron chi connectivity index (χ2n) is 6.74. The second-order valence-corrected chi connectivity index (χ2v) is 6.74. The molecule has 2 aliphatic rings.